The van der Waals surface area contributed by atoms with Gasteiger partial charge in [0, 0.05) is 5.57 Å². The van der Waals surface area contributed by atoms with Crippen LogP contribution in [0.1, 0.15) is 19.4 Å². The zero-order chi connectivity index (χ0) is 20.2. The number of rotatable bonds is 6. The Morgan fingerprint density at radius 1 is 1.15 bits per heavy atom. The van der Waals surface area contributed by atoms with Crippen LogP contribution in [0.4, 0.5) is 8.78 Å². The Morgan fingerprint density at radius 3 is 2.19 bits per heavy atom. The summed E-state index contributed by atoms with van der Waals surface area (Å²) in [6, 6.07) is 6.74. The summed E-state index contributed by atoms with van der Waals surface area (Å²) < 4.78 is 60.8. The number of halogens is 2. The van der Waals surface area contributed by atoms with Crippen LogP contribution in [-0.4, -0.2) is 21.0 Å². The lowest BCUT2D eigenvalue weighted by Crippen LogP contribution is -2.11. The van der Waals surface area contributed by atoms with Gasteiger partial charge in [0.05, 0.1) is 11.5 Å². The van der Waals surface area contributed by atoms with E-state index in [0.717, 1.165) is 24.3 Å². The highest BCUT2D eigenvalue weighted by atomic mass is 32.2. The van der Waals surface area contributed by atoms with Gasteiger partial charge in [0.25, 0.3) is 0 Å². The molecule has 0 spiro atoms. The second kappa shape index (κ2) is 8.28. The number of hydrogen-bond donors (Lipinski definition) is 1. The molecule has 2 aromatic carbocycles. The first-order chi connectivity index (χ1) is 12.6. The van der Waals surface area contributed by atoms with Crippen molar-refractivity contribution in [2.24, 2.45) is 5.14 Å². The summed E-state index contributed by atoms with van der Waals surface area (Å²) in [5, 5.41) is 4.98. The van der Waals surface area contributed by atoms with E-state index in [-0.39, 0.29) is 28.4 Å². The molecule has 0 aliphatic heterocycles. The molecule has 9 heteroatoms. The number of esters is 1. The first-order valence-electron chi connectivity index (χ1n) is 7.77. The Bertz CT molecular complexity index is 962. The average Bonchev–Trinajstić information content (AvgIpc) is 2.58. The molecule has 0 amide bonds. The van der Waals surface area contributed by atoms with E-state index >= 15 is 0 Å². The van der Waals surface area contributed by atoms with Crippen LogP contribution in [-0.2, 0) is 19.6 Å². The quantitative estimate of drug-likeness (QED) is 0.596. The minimum atomic E-state index is -3.89. The van der Waals surface area contributed by atoms with Crippen molar-refractivity contribution < 1.29 is 31.5 Å². The van der Waals surface area contributed by atoms with E-state index in [1.165, 1.54) is 25.1 Å². The molecular formula is C18H17F2NO5S. The standard InChI is InChI=1S/C18H17F2NO5S/c1-3-25-18(22)11(2)8-12-9-15(19)17(16(20)10-12)26-13-4-6-14(7-5-13)27(21,23)24/h4-10H,3H2,1-2H3,(H2,21,23,24)/b11-8+. The first-order valence-corrected chi connectivity index (χ1v) is 9.31. The third-order valence-corrected chi connectivity index (χ3v) is 4.30. The molecule has 6 nitrogen and oxygen atoms in total. The van der Waals surface area contributed by atoms with E-state index in [9.17, 15) is 22.0 Å². The van der Waals surface area contributed by atoms with Gasteiger partial charge in [-0.15, -0.1) is 0 Å². The van der Waals surface area contributed by atoms with Crippen LogP contribution in [0.25, 0.3) is 6.08 Å². The average molecular weight is 397 g/mol. The molecule has 0 saturated heterocycles. The minimum Gasteiger partial charge on any atom is -0.463 e. The van der Waals surface area contributed by atoms with E-state index in [0.29, 0.717) is 0 Å². The summed E-state index contributed by atoms with van der Waals surface area (Å²) in [4.78, 5) is 11.4. The summed E-state index contributed by atoms with van der Waals surface area (Å²) in [6.45, 7) is 3.29. The van der Waals surface area contributed by atoms with Gasteiger partial charge in [0.15, 0.2) is 17.4 Å². The molecule has 2 aromatic rings. The predicted octanol–water partition coefficient (Wildman–Crippen LogP) is 3.37. The SMILES string of the molecule is CCOC(=O)/C(C)=C/c1cc(F)c(Oc2ccc(S(N)(=O)=O)cc2)c(F)c1. The number of sulfonamides is 1. The maximum Gasteiger partial charge on any atom is 0.333 e. The minimum absolute atomic E-state index is 0.0196. The van der Waals surface area contributed by atoms with Gasteiger partial charge in [0.1, 0.15) is 5.75 Å². The van der Waals surface area contributed by atoms with Crippen molar-refractivity contribution in [2.75, 3.05) is 6.61 Å². The summed E-state index contributed by atoms with van der Waals surface area (Å²) >= 11 is 0. The molecule has 0 unspecified atom stereocenters. The molecule has 0 aromatic heterocycles. The normalized spacial score (nSPS) is 12.0. The third-order valence-electron chi connectivity index (χ3n) is 3.37. The molecular weight excluding hydrogens is 380 g/mol. The maximum absolute atomic E-state index is 14.2. The van der Waals surface area contributed by atoms with Crippen molar-refractivity contribution in [1.29, 1.82) is 0 Å². The fourth-order valence-corrected chi connectivity index (χ4v) is 2.64. The Hall–Kier alpha value is -2.78. The lowest BCUT2D eigenvalue weighted by atomic mass is 10.1. The van der Waals surface area contributed by atoms with Crippen LogP contribution in [0.2, 0.25) is 0 Å². The number of ether oxygens (including phenoxy) is 2. The van der Waals surface area contributed by atoms with Crippen LogP contribution in [0.3, 0.4) is 0 Å². The Balaban J connectivity index is 2.27. The number of nitrogens with two attached hydrogens (primary N) is 1. The molecule has 0 aliphatic rings. The van der Waals surface area contributed by atoms with Crippen molar-refractivity contribution in [3.63, 3.8) is 0 Å². The van der Waals surface area contributed by atoms with Crippen molar-refractivity contribution in [2.45, 2.75) is 18.7 Å². The highest BCUT2D eigenvalue weighted by molar-refractivity contribution is 7.89. The van der Waals surface area contributed by atoms with Gasteiger partial charge < -0.3 is 9.47 Å². The molecule has 0 bridgehead atoms. The summed E-state index contributed by atoms with van der Waals surface area (Å²) in [5.41, 5.74) is 0.301. The lowest BCUT2D eigenvalue weighted by molar-refractivity contribution is -0.138. The predicted molar refractivity (Wildman–Crippen MR) is 94.5 cm³/mol. The molecule has 27 heavy (non-hydrogen) atoms. The van der Waals surface area contributed by atoms with Gasteiger partial charge in [-0.1, -0.05) is 0 Å². The van der Waals surface area contributed by atoms with Crippen LogP contribution < -0.4 is 9.88 Å². The lowest BCUT2D eigenvalue weighted by Gasteiger charge is -2.10. The van der Waals surface area contributed by atoms with Crippen LogP contribution in [0, 0.1) is 11.6 Å². The van der Waals surface area contributed by atoms with E-state index in [4.69, 9.17) is 14.6 Å². The number of primary sulfonamides is 1. The summed E-state index contributed by atoms with van der Waals surface area (Å²) in [7, 11) is -3.89. The fraction of sp³-hybridized carbons (Fsp3) is 0.167. The van der Waals surface area contributed by atoms with Crippen molar-refractivity contribution in [1.82, 2.24) is 0 Å². The molecule has 0 atom stereocenters. The maximum atomic E-state index is 14.2. The number of carbonyl (C=O) groups is 1. The molecule has 2 rings (SSSR count). The van der Waals surface area contributed by atoms with Crippen molar-refractivity contribution in [3.05, 3.63) is 59.2 Å². The number of hydrogen-bond acceptors (Lipinski definition) is 5. The molecule has 144 valence electrons. The molecule has 0 saturated carbocycles. The Kier molecular flexibility index (Phi) is 6.29. The summed E-state index contributed by atoms with van der Waals surface area (Å²) in [5.74, 6) is -3.22. The van der Waals surface area contributed by atoms with E-state index in [2.05, 4.69) is 0 Å². The largest absolute Gasteiger partial charge is 0.463 e. The van der Waals surface area contributed by atoms with Crippen molar-refractivity contribution >= 4 is 22.1 Å². The van der Waals surface area contributed by atoms with Gasteiger partial charge in [-0.2, -0.15) is 0 Å². The fourth-order valence-electron chi connectivity index (χ4n) is 2.13. The second-order valence-electron chi connectivity index (χ2n) is 5.48. The zero-order valence-corrected chi connectivity index (χ0v) is 15.3. The highest BCUT2D eigenvalue weighted by Gasteiger charge is 2.15. The van der Waals surface area contributed by atoms with Gasteiger partial charge in [-0.25, -0.2) is 27.1 Å². The topological polar surface area (TPSA) is 95.7 Å². The Morgan fingerprint density at radius 2 is 1.70 bits per heavy atom. The van der Waals surface area contributed by atoms with Gasteiger partial charge in [-0.05, 0) is 61.9 Å². The second-order valence-corrected chi connectivity index (χ2v) is 7.04. The molecule has 0 radical (unpaired) electrons. The summed E-state index contributed by atoms with van der Waals surface area (Å²) in [6.07, 6.45) is 1.29. The first kappa shape index (κ1) is 20.5. The molecule has 0 heterocycles. The van der Waals surface area contributed by atoms with E-state index in [1.807, 2.05) is 0 Å². The van der Waals surface area contributed by atoms with Crippen molar-refractivity contribution in [3.8, 4) is 11.5 Å². The Labute approximate surface area is 155 Å². The van der Waals surface area contributed by atoms with Crippen LogP contribution in [0.5, 0.6) is 11.5 Å². The van der Waals surface area contributed by atoms with Crippen LogP contribution >= 0.6 is 0 Å². The smallest absolute Gasteiger partial charge is 0.333 e. The highest BCUT2D eigenvalue weighted by Crippen LogP contribution is 2.30. The zero-order valence-electron chi connectivity index (χ0n) is 14.5. The van der Waals surface area contributed by atoms with Gasteiger partial charge >= 0.3 is 5.97 Å². The van der Waals surface area contributed by atoms with Crippen LogP contribution in [0.15, 0.2) is 46.9 Å². The molecule has 2 N–H and O–H groups in total. The molecule has 0 aliphatic carbocycles. The van der Waals surface area contributed by atoms with E-state index < -0.39 is 33.4 Å². The van der Waals surface area contributed by atoms with E-state index in [1.54, 1.807) is 6.92 Å². The monoisotopic (exact) mass is 397 g/mol. The number of benzene rings is 2. The van der Waals surface area contributed by atoms with Gasteiger partial charge in [0.2, 0.25) is 10.0 Å². The third kappa shape index (κ3) is 5.35. The van der Waals surface area contributed by atoms with Gasteiger partial charge in [-0.3, -0.25) is 0 Å². The molecule has 0 fully saturated rings. The number of carbonyl (C=O) groups excluding carboxylic acids is 1.